The highest BCUT2D eigenvalue weighted by Crippen LogP contribution is 2.26. The summed E-state index contributed by atoms with van der Waals surface area (Å²) in [4.78, 5) is 4.17. The van der Waals surface area contributed by atoms with E-state index in [2.05, 4.69) is 36.8 Å². The maximum atomic E-state index is 5.61. The van der Waals surface area contributed by atoms with Gasteiger partial charge in [0.15, 0.2) is 0 Å². The van der Waals surface area contributed by atoms with Gasteiger partial charge in [0.05, 0.1) is 4.47 Å². The molecule has 88 valence electrons. The minimum absolute atomic E-state index is 0.466. The van der Waals surface area contributed by atoms with Crippen LogP contribution in [0.5, 0.6) is 5.88 Å². The Labute approximate surface area is 116 Å². The summed E-state index contributed by atoms with van der Waals surface area (Å²) in [5, 5.41) is 0. The molecule has 5 heteroatoms. The molecule has 0 fully saturated rings. The van der Waals surface area contributed by atoms with Crippen LogP contribution in [0.3, 0.4) is 0 Å². The average molecular weight is 358 g/mol. The molecule has 0 unspecified atom stereocenters. The summed E-state index contributed by atoms with van der Waals surface area (Å²) in [5.41, 5.74) is 7.41. The van der Waals surface area contributed by atoms with Gasteiger partial charge in [-0.25, -0.2) is 4.98 Å². The molecule has 0 aliphatic rings. The van der Waals surface area contributed by atoms with Crippen LogP contribution in [0.1, 0.15) is 5.56 Å². The molecule has 1 heterocycles. The first kappa shape index (κ1) is 12.4. The normalized spacial score (nSPS) is 10.2. The van der Waals surface area contributed by atoms with Crippen molar-refractivity contribution in [2.24, 2.45) is 0 Å². The zero-order chi connectivity index (χ0) is 12.3. The molecule has 0 bridgehead atoms. The molecule has 3 nitrogen and oxygen atoms in total. The summed E-state index contributed by atoms with van der Waals surface area (Å²) in [7, 11) is 0. The quantitative estimate of drug-likeness (QED) is 0.850. The lowest BCUT2D eigenvalue weighted by Gasteiger charge is -2.07. The average Bonchev–Trinajstić information content (AvgIpc) is 2.30. The van der Waals surface area contributed by atoms with Gasteiger partial charge in [-0.05, 0) is 55.6 Å². The number of hydrogen-bond donors (Lipinski definition) is 1. The van der Waals surface area contributed by atoms with Crippen molar-refractivity contribution in [3.05, 3.63) is 51.0 Å². The molecule has 0 spiro atoms. The minimum atomic E-state index is 0.466. The molecule has 0 aliphatic carbocycles. The topological polar surface area (TPSA) is 48.1 Å². The van der Waals surface area contributed by atoms with E-state index in [4.69, 9.17) is 10.5 Å². The number of halogens is 2. The zero-order valence-electron chi connectivity index (χ0n) is 8.86. The number of hydrogen-bond acceptors (Lipinski definition) is 3. The fraction of sp³-hybridized carbons (Fsp3) is 0.0833. The van der Waals surface area contributed by atoms with E-state index in [9.17, 15) is 0 Å². The fourth-order valence-electron chi connectivity index (χ4n) is 1.27. The standard InChI is InChI=1S/C12H10Br2N2O/c13-9-5-11(14)12(16-6-9)17-7-8-1-3-10(15)4-2-8/h1-6H,7,15H2. The molecular formula is C12H10Br2N2O. The number of benzene rings is 1. The molecule has 17 heavy (non-hydrogen) atoms. The molecule has 2 aromatic rings. The van der Waals surface area contributed by atoms with Crippen molar-refractivity contribution in [3.63, 3.8) is 0 Å². The zero-order valence-corrected chi connectivity index (χ0v) is 12.0. The Morgan fingerprint density at radius 2 is 1.88 bits per heavy atom. The van der Waals surface area contributed by atoms with Crippen LogP contribution in [0.2, 0.25) is 0 Å². The molecule has 1 aromatic carbocycles. The van der Waals surface area contributed by atoms with Gasteiger partial charge in [-0.3, -0.25) is 0 Å². The van der Waals surface area contributed by atoms with Crippen molar-refractivity contribution in [2.45, 2.75) is 6.61 Å². The Balaban J connectivity index is 2.04. The summed E-state index contributed by atoms with van der Waals surface area (Å²) >= 11 is 6.73. The van der Waals surface area contributed by atoms with Gasteiger partial charge < -0.3 is 10.5 Å². The minimum Gasteiger partial charge on any atom is -0.472 e. The third kappa shape index (κ3) is 3.44. The van der Waals surface area contributed by atoms with Crippen LogP contribution in [0.25, 0.3) is 0 Å². The van der Waals surface area contributed by atoms with E-state index in [1.807, 2.05) is 30.3 Å². The Morgan fingerprint density at radius 1 is 1.18 bits per heavy atom. The van der Waals surface area contributed by atoms with Crippen LogP contribution in [0.15, 0.2) is 45.5 Å². The monoisotopic (exact) mass is 356 g/mol. The van der Waals surface area contributed by atoms with Gasteiger partial charge >= 0.3 is 0 Å². The van der Waals surface area contributed by atoms with Crippen LogP contribution >= 0.6 is 31.9 Å². The van der Waals surface area contributed by atoms with Gasteiger partial charge in [0, 0.05) is 16.4 Å². The maximum absolute atomic E-state index is 5.61. The molecule has 0 saturated carbocycles. The van der Waals surface area contributed by atoms with E-state index in [-0.39, 0.29) is 0 Å². The second-order valence-electron chi connectivity index (χ2n) is 3.47. The first-order valence-corrected chi connectivity index (χ1v) is 6.52. The van der Waals surface area contributed by atoms with Crippen LogP contribution in [-0.2, 0) is 6.61 Å². The number of anilines is 1. The SMILES string of the molecule is Nc1ccc(COc2ncc(Br)cc2Br)cc1. The molecule has 0 atom stereocenters. The van der Waals surface area contributed by atoms with Gasteiger partial charge in [0.1, 0.15) is 6.61 Å². The number of aromatic nitrogens is 1. The largest absolute Gasteiger partial charge is 0.472 e. The maximum Gasteiger partial charge on any atom is 0.228 e. The van der Waals surface area contributed by atoms with Crippen molar-refractivity contribution in [1.82, 2.24) is 4.98 Å². The van der Waals surface area contributed by atoms with Crippen molar-refractivity contribution < 1.29 is 4.74 Å². The second-order valence-corrected chi connectivity index (χ2v) is 5.24. The van der Waals surface area contributed by atoms with E-state index < -0.39 is 0 Å². The third-order valence-corrected chi connectivity index (χ3v) is 3.13. The second kappa shape index (κ2) is 5.51. The number of nitrogen functional groups attached to an aromatic ring is 1. The molecule has 1 aromatic heterocycles. The van der Waals surface area contributed by atoms with E-state index in [1.54, 1.807) is 6.20 Å². The highest BCUT2D eigenvalue weighted by Gasteiger charge is 2.03. The predicted molar refractivity (Wildman–Crippen MR) is 74.8 cm³/mol. The smallest absolute Gasteiger partial charge is 0.228 e. The summed E-state index contributed by atoms with van der Waals surface area (Å²) in [6.07, 6.45) is 1.70. The lowest BCUT2D eigenvalue weighted by molar-refractivity contribution is 0.291. The van der Waals surface area contributed by atoms with Crippen LogP contribution < -0.4 is 10.5 Å². The molecule has 2 N–H and O–H groups in total. The summed E-state index contributed by atoms with van der Waals surface area (Å²) in [5.74, 6) is 0.574. The number of pyridine rings is 1. The van der Waals surface area contributed by atoms with Gasteiger partial charge in [-0.15, -0.1) is 0 Å². The van der Waals surface area contributed by atoms with Gasteiger partial charge in [0.2, 0.25) is 5.88 Å². The predicted octanol–water partition coefficient (Wildman–Crippen LogP) is 3.77. The van der Waals surface area contributed by atoms with E-state index in [1.165, 1.54) is 0 Å². The lowest BCUT2D eigenvalue weighted by Crippen LogP contribution is -1.98. The Hall–Kier alpha value is -1.07. The Morgan fingerprint density at radius 3 is 2.53 bits per heavy atom. The molecular weight excluding hydrogens is 348 g/mol. The first-order chi connectivity index (χ1) is 8.15. The van der Waals surface area contributed by atoms with Crippen molar-refractivity contribution in [1.29, 1.82) is 0 Å². The molecule has 0 amide bonds. The van der Waals surface area contributed by atoms with Gasteiger partial charge in [0.25, 0.3) is 0 Å². The van der Waals surface area contributed by atoms with E-state index >= 15 is 0 Å². The third-order valence-electron chi connectivity index (χ3n) is 2.13. The fourth-order valence-corrected chi connectivity index (χ4v) is 2.38. The van der Waals surface area contributed by atoms with Crippen LogP contribution in [-0.4, -0.2) is 4.98 Å². The van der Waals surface area contributed by atoms with E-state index in [0.29, 0.717) is 12.5 Å². The molecule has 2 rings (SSSR count). The Bertz CT molecular complexity index is 514. The van der Waals surface area contributed by atoms with Crippen molar-refractivity contribution >= 4 is 37.5 Å². The molecule has 0 saturated heterocycles. The van der Waals surface area contributed by atoms with Gasteiger partial charge in [-0.1, -0.05) is 12.1 Å². The number of ether oxygens (including phenoxy) is 1. The molecule has 0 aliphatic heterocycles. The summed E-state index contributed by atoms with van der Waals surface area (Å²) in [6.45, 7) is 0.466. The highest BCUT2D eigenvalue weighted by molar-refractivity contribution is 9.11. The van der Waals surface area contributed by atoms with Crippen LogP contribution in [0.4, 0.5) is 5.69 Å². The van der Waals surface area contributed by atoms with Crippen LogP contribution in [0, 0.1) is 0 Å². The van der Waals surface area contributed by atoms with Crippen molar-refractivity contribution in [3.8, 4) is 5.88 Å². The number of nitrogens with zero attached hydrogens (tertiary/aromatic N) is 1. The summed E-state index contributed by atoms with van der Waals surface area (Å²) in [6, 6.07) is 9.46. The highest BCUT2D eigenvalue weighted by atomic mass is 79.9. The van der Waals surface area contributed by atoms with Crippen molar-refractivity contribution in [2.75, 3.05) is 5.73 Å². The lowest BCUT2D eigenvalue weighted by atomic mass is 10.2. The molecule has 0 radical (unpaired) electrons. The number of rotatable bonds is 3. The Kier molecular flexibility index (Phi) is 4.02. The first-order valence-electron chi connectivity index (χ1n) is 4.93. The summed E-state index contributed by atoms with van der Waals surface area (Å²) < 4.78 is 7.33. The van der Waals surface area contributed by atoms with Gasteiger partial charge in [-0.2, -0.15) is 0 Å². The number of nitrogens with two attached hydrogens (primary N) is 1. The van der Waals surface area contributed by atoms with E-state index in [0.717, 1.165) is 20.2 Å².